The molecule has 1 aliphatic heterocycles. The van der Waals surface area contributed by atoms with Gasteiger partial charge in [-0.2, -0.15) is 0 Å². The Morgan fingerprint density at radius 3 is 2.62 bits per heavy atom. The number of fused-ring (bicyclic) bond motifs is 1. The zero-order valence-corrected chi connectivity index (χ0v) is 19.6. The van der Waals surface area contributed by atoms with Crippen LogP contribution in [0.5, 0.6) is 17.2 Å². The number of benzene rings is 2. The van der Waals surface area contributed by atoms with Crippen molar-refractivity contribution in [1.82, 2.24) is 9.55 Å². The lowest BCUT2D eigenvalue weighted by molar-refractivity contribution is 0.102. The maximum absolute atomic E-state index is 14.7. The number of nitrogen functional groups attached to an aromatic ring is 1. The number of nitrogens with one attached hydrogen (secondary N) is 1. The maximum Gasteiger partial charge on any atom is 0.269 e. The number of carbonyl (C=O) groups is 1. The van der Waals surface area contributed by atoms with Gasteiger partial charge in [0.2, 0.25) is 0 Å². The number of hydrogen-bond donors (Lipinski definition) is 2. The van der Waals surface area contributed by atoms with Crippen molar-refractivity contribution in [1.29, 1.82) is 0 Å². The van der Waals surface area contributed by atoms with Crippen molar-refractivity contribution in [2.24, 2.45) is 0 Å². The third kappa shape index (κ3) is 4.79. The summed E-state index contributed by atoms with van der Waals surface area (Å²) >= 11 is 0. The second-order valence-electron chi connectivity index (χ2n) is 8.25. The van der Waals surface area contributed by atoms with E-state index in [1.54, 1.807) is 7.05 Å². The van der Waals surface area contributed by atoms with E-state index >= 15 is 0 Å². The van der Waals surface area contributed by atoms with Crippen LogP contribution in [0.1, 0.15) is 10.4 Å². The zero-order valence-electron chi connectivity index (χ0n) is 19.6. The third-order valence-electron chi connectivity index (χ3n) is 5.69. The number of halogens is 2. The van der Waals surface area contributed by atoms with Crippen LogP contribution in [0, 0.1) is 11.6 Å². The van der Waals surface area contributed by atoms with E-state index in [4.69, 9.17) is 15.2 Å². The number of amides is 1. The highest BCUT2D eigenvalue weighted by Crippen LogP contribution is 2.33. The fourth-order valence-electron chi connectivity index (χ4n) is 3.92. The van der Waals surface area contributed by atoms with Crippen molar-refractivity contribution in [3.63, 3.8) is 0 Å². The maximum atomic E-state index is 14.7. The lowest BCUT2D eigenvalue weighted by Gasteiger charge is -2.30. The van der Waals surface area contributed by atoms with E-state index in [-0.39, 0.29) is 22.8 Å². The van der Waals surface area contributed by atoms with Crippen molar-refractivity contribution in [3.8, 4) is 22.9 Å². The molecule has 0 aliphatic carbocycles. The molecule has 1 amide bonds. The summed E-state index contributed by atoms with van der Waals surface area (Å²) in [6, 6.07) is 13.5. The molecule has 0 radical (unpaired) electrons. The average molecular weight is 505 g/mol. The van der Waals surface area contributed by atoms with Gasteiger partial charge < -0.3 is 25.4 Å². The largest absolute Gasteiger partial charge is 0.488 e. The van der Waals surface area contributed by atoms with Crippen LogP contribution in [0.4, 0.5) is 26.1 Å². The molecule has 5 rings (SSSR count). The van der Waals surface area contributed by atoms with Crippen LogP contribution in [0.2, 0.25) is 0 Å². The molecule has 0 spiro atoms. The first-order valence-electron chi connectivity index (χ1n) is 11.2. The number of pyridine rings is 2. The number of anilines is 3. The van der Waals surface area contributed by atoms with Gasteiger partial charge in [-0.1, -0.05) is 0 Å². The molecule has 37 heavy (non-hydrogen) atoms. The van der Waals surface area contributed by atoms with Gasteiger partial charge in [0.1, 0.15) is 29.6 Å². The molecule has 0 saturated heterocycles. The Bertz CT molecular complexity index is 1560. The molecular weight excluding hydrogens is 484 g/mol. The van der Waals surface area contributed by atoms with Crippen molar-refractivity contribution in [2.75, 3.05) is 36.1 Å². The van der Waals surface area contributed by atoms with Crippen molar-refractivity contribution in [2.45, 2.75) is 0 Å². The van der Waals surface area contributed by atoms with Crippen molar-refractivity contribution >= 4 is 23.2 Å². The lowest BCUT2D eigenvalue weighted by atomic mass is 10.2. The van der Waals surface area contributed by atoms with Gasteiger partial charge in [-0.05, 0) is 42.5 Å². The molecule has 1 aliphatic rings. The van der Waals surface area contributed by atoms with Crippen molar-refractivity contribution < 1.29 is 23.0 Å². The summed E-state index contributed by atoms with van der Waals surface area (Å²) in [5.74, 6) is -0.809. The van der Waals surface area contributed by atoms with Gasteiger partial charge >= 0.3 is 0 Å². The molecule has 11 heteroatoms. The Labute approximate surface area is 209 Å². The van der Waals surface area contributed by atoms with E-state index in [1.165, 1.54) is 65.4 Å². The lowest BCUT2D eigenvalue weighted by Crippen LogP contribution is -2.37. The minimum absolute atomic E-state index is 0.0903. The predicted octanol–water partition coefficient (Wildman–Crippen LogP) is 3.97. The molecule has 4 aromatic rings. The van der Waals surface area contributed by atoms with Crippen LogP contribution < -0.4 is 31.0 Å². The van der Waals surface area contributed by atoms with Gasteiger partial charge in [0, 0.05) is 37.1 Å². The minimum atomic E-state index is -0.768. The fourth-order valence-corrected chi connectivity index (χ4v) is 3.92. The first-order valence-corrected chi connectivity index (χ1v) is 11.2. The van der Waals surface area contributed by atoms with Crippen LogP contribution in [0.15, 0.2) is 71.7 Å². The van der Waals surface area contributed by atoms with Gasteiger partial charge in [-0.15, -0.1) is 0 Å². The monoisotopic (exact) mass is 505 g/mol. The first kappa shape index (κ1) is 23.8. The normalized spacial score (nSPS) is 12.5. The van der Waals surface area contributed by atoms with Gasteiger partial charge in [-0.3, -0.25) is 14.2 Å². The number of nitrogens with zero attached hydrogens (tertiary/aromatic N) is 3. The van der Waals surface area contributed by atoms with E-state index in [0.29, 0.717) is 36.2 Å². The average Bonchev–Trinajstić information content (AvgIpc) is 2.86. The molecule has 0 bridgehead atoms. The molecule has 0 atom stereocenters. The van der Waals surface area contributed by atoms with Crippen LogP contribution in [-0.4, -0.2) is 35.7 Å². The number of ether oxygens (including phenoxy) is 2. The molecule has 188 valence electrons. The number of aromatic nitrogens is 2. The Balaban J connectivity index is 1.47. The van der Waals surface area contributed by atoms with Crippen LogP contribution >= 0.6 is 0 Å². The summed E-state index contributed by atoms with van der Waals surface area (Å²) in [4.78, 5) is 32.3. The van der Waals surface area contributed by atoms with Gasteiger partial charge in [0.15, 0.2) is 23.1 Å². The fraction of sp³-hybridized carbons (Fsp3) is 0.115. The molecular formula is C26H21F2N5O4. The molecule has 2 aromatic heterocycles. The molecule has 0 fully saturated rings. The summed E-state index contributed by atoms with van der Waals surface area (Å²) < 4.78 is 40.8. The zero-order chi connectivity index (χ0) is 26.1. The third-order valence-corrected chi connectivity index (χ3v) is 5.69. The topological polar surface area (TPSA) is 112 Å². The quantitative estimate of drug-likeness (QED) is 0.422. The highest BCUT2D eigenvalue weighted by atomic mass is 19.1. The van der Waals surface area contributed by atoms with Gasteiger partial charge in [-0.25, -0.2) is 13.8 Å². The van der Waals surface area contributed by atoms with Gasteiger partial charge in [0.25, 0.3) is 11.5 Å². The Kier molecular flexibility index (Phi) is 6.18. The smallest absolute Gasteiger partial charge is 0.269 e. The van der Waals surface area contributed by atoms with Gasteiger partial charge in [0.05, 0.1) is 12.2 Å². The SMILES string of the molecule is CN1CCOc2cc(C(=O)Nc3ccc(Oc4ccnc(N)c4)c(F)c3)c(=O)n(-c3ccc(F)cc3)c21. The first-order chi connectivity index (χ1) is 17.8. The number of likely N-dealkylation sites (N-methyl/N-ethyl adjacent to an activating group) is 1. The number of hydrogen-bond acceptors (Lipinski definition) is 7. The summed E-state index contributed by atoms with van der Waals surface area (Å²) in [6.45, 7) is 0.862. The van der Waals surface area contributed by atoms with Crippen molar-refractivity contribution in [3.05, 3.63) is 94.4 Å². The molecule has 0 unspecified atom stereocenters. The highest BCUT2D eigenvalue weighted by molar-refractivity contribution is 6.04. The highest BCUT2D eigenvalue weighted by Gasteiger charge is 2.26. The predicted molar refractivity (Wildman–Crippen MR) is 134 cm³/mol. The molecule has 9 nitrogen and oxygen atoms in total. The van der Waals surface area contributed by atoms with E-state index in [9.17, 15) is 18.4 Å². The molecule has 0 saturated carbocycles. The van der Waals surface area contributed by atoms with Crippen LogP contribution in [-0.2, 0) is 0 Å². The number of rotatable bonds is 5. The summed E-state index contributed by atoms with van der Waals surface area (Å²) in [5, 5.41) is 2.54. The second-order valence-corrected chi connectivity index (χ2v) is 8.25. The standard InChI is InChI=1S/C26H21F2N5O4/c1-32-10-11-36-22-14-19(26(35)33(25(22)32)17-5-2-15(27)3-6-17)24(34)31-16-4-7-21(20(28)12-16)37-18-8-9-30-23(29)13-18/h2-9,12-14H,10-11H2,1H3,(H2,29,30)(H,31,34). The van der Waals surface area contributed by atoms with E-state index in [1.807, 2.05) is 4.90 Å². The van der Waals surface area contributed by atoms with E-state index in [2.05, 4.69) is 10.3 Å². The number of carbonyl (C=O) groups excluding carboxylic acids is 1. The molecule has 3 N–H and O–H groups in total. The van der Waals surface area contributed by atoms with E-state index in [0.717, 1.165) is 6.07 Å². The summed E-state index contributed by atoms with van der Waals surface area (Å²) in [5.41, 5.74) is 5.20. The summed E-state index contributed by atoms with van der Waals surface area (Å²) in [7, 11) is 1.78. The molecule has 3 heterocycles. The Hall–Kier alpha value is -4.93. The number of nitrogens with two attached hydrogens (primary N) is 1. The minimum Gasteiger partial charge on any atom is -0.488 e. The second kappa shape index (κ2) is 9.61. The van der Waals surface area contributed by atoms with Crippen LogP contribution in [0.3, 0.4) is 0 Å². The molecule has 2 aromatic carbocycles. The Morgan fingerprint density at radius 1 is 1.11 bits per heavy atom. The van der Waals surface area contributed by atoms with E-state index < -0.39 is 23.1 Å². The van der Waals surface area contributed by atoms with Crippen LogP contribution in [0.25, 0.3) is 5.69 Å². The Morgan fingerprint density at radius 2 is 1.89 bits per heavy atom. The summed E-state index contributed by atoms with van der Waals surface area (Å²) in [6.07, 6.45) is 1.43.